The van der Waals surface area contributed by atoms with Crippen LogP contribution in [0.4, 0.5) is 0 Å². The van der Waals surface area contributed by atoms with Gasteiger partial charge in [-0.3, -0.25) is 0 Å². The first-order valence-electron chi connectivity index (χ1n) is 7.64. The van der Waals surface area contributed by atoms with Gasteiger partial charge in [-0.25, -0.2) is 0 Å². The molecule has 2 aromatic heterocycles. The molecule has 2 heterocycles. The average Bonchev–Trinajstić information content (AvgIpc) is 3.31. The van der Waals surface area contributed by atoms with E-state index in [4.69, 9.17) is 9.05 Å². The van der Waals surface area contributed by atoms with Gasteiger partial charge in [-0.05, 0) is 0 Å². The zero-order chi connectivity index (χ0) is 16.2. The molecule has 118 valence electrons. The molecule has 0 unspecified atom stereocenters. The monoisotopic (exact) mass is 318 g/mol. The van der Waals surface area contributed by atoms with Crippen molar-refractivity contribution in [3.8, 4) is 22.8 Å². The largest absolute Gasteiger partial charge is 0.339 e. The molecule has 0 saturated heterocycles. The molecular formula is C18H14N4O2. The number of hydrogen-bond donors (Lipinski definition) is 0. The van der Waals surface area contributed by atoms with Crippen LogP contribution in [0, 0.1) is 0 Å². The van der Waals surface area contributed by atoms with Crippen molar-refractivity contribution < 1.29 is 9.05 Å². The van der Waals surface area contributed by atoms with Gasteiger partial charge in [0.05, 0.1) is 0 Å². The number of rotatable bonds is 5. The molecule has 6 heteroatoms. The normalized spacial score (nSPS) is 10.8. The van der Waals surface area contributed by atoms with Crippen LogP contribution < -0.4 is 0 Å². The smallest absolute Gasteiger partial charge is 0.227 e. The summed E-state index contributed by atoms with van der Waals surface area (Å²) in [4.78, 5) is 8.79. The highest BCUT2D eigenvalue weighted by Crippen LogP contribution is 2.17. The summed E-state index contributed by atoms with van der Waals surface area (Å²) in [5.74, 6) is 2.27. The van der Waals surface area contributed by atoms with Crippen LogP contribution >= 0.6 is 0 Å². The first-order chi connectivity index (χ1) is 11.9. The van der Waals surface area contributed by atoms with Gasteiger partial charge in [0.25, 0.3) is 0 Å². The van der Waals surface area contributed by atoms with E-state index in [2.05, 4.69) is 20.3 Å². The van der Waals surface area contributed by atoms with Crippen molar-refractivity contribution in [2.24, 2.45) is 0 Å². The Bertz CT molecular complexity index is 839. The summed E-state index contributed by atoms with van der Waals surface area (Å²) in [6.07, 6.45) is 1.10. The maximum atomic E-state index is 5.28. The highest BCUT2D eigenvalue weighted by Gasteiger charge is 2.12. The molecule has 4 aromatic rings. The van der Waals surface area contributed by atoms with E-state index in [1.807, 2.05) is 60.7 Å². The predicted octanol–water partition coefficient (Wildman–Crippen LogP) is 3.57. The lowest BCUT2D eigenvalue weighted by molar-refractivity contribution is 0.354. The molecule has 0 fully saturated rings. The average molecular weight is 318 g/mol. The SMILES string of the molecule is c1ccc(-c2noc(CCc3nc(-c4ccccc4)no3)n2)cc1. The lowest BCUT2D eigenvalue weighted by Gasteiger charge is -1.91. The summed E-state index contributed by atoms with van der Waals surface area (Å²) in [5.41, 5.74) is 1.85. The van der Waals surface area contributed by atoms with Gasteiger partial charge in [0.1, 0.15) is 0 Å². The molecule has 0 amide bonds. The third-order valence-corrected chi connectivity index (χ3v) is 3.55. The van der Waals surface area contributed by atoms with E-state index in [0.29, 0.717) is 36.3 Å². The molecule has 6 nitrogen and oxygen atoms in total. The maximum absolute atomic E-state index is 5.28. The van der Waals surface area contributed by atoms with Gasteiger partial charge < -0.3 is 9.05 Å². The fraction of sp³-hybridized carbons (Fsp3) is 0.111. The molecule has 0 aliphatic carbocycles. The van der Waals surface area contributed by atoms with E-state index < -0.39 is 0 Å². The molecule has 0 saturated carbocycles. The molecule has 0 atom stereocenters. The summed E-state index contributed by atoms with van der Waals surface area (Å²) in [6, 6.07) is 19.4. The van der Waals surface area contributed by atoms with Crippen LogP contribution in [-0.2, 0) is 12.8 Å². The van der Waals surface area contributed by atoms with Crippen LogP contribution in [0.5, 0.6) is 0 Å². The standard InChI is InChI=1S/C18H14N4O2/c1-3-7-13(8-4-1)17-19-15(23-21-17)11-12-16-20-18(22-24-16)14-9-5-2-6-10-14/h1-10H,11-12H2. The molecule has 0 N–H and O–H groups in total. The molecule has 0 aliphatic rings. The van der Waals surface area contributed by atoms with Crippen LogP contribution in [0.1, 0.15) is 11.8 Å². The van der Waals surface area contributed by atoms with Crippen molar-refractivity contribution >= 4 is 0 Å². The summed E-state index contributed by atoms with van der Waals surface area (Å²) in [7, 11) is 0. The van der Waals surface area contributed by atoms with Gasteiger partial charge in [-0.15, -0.1) is 0 Å². The minimum absolute atomic E-state index is 0.549. The van der Waals surface area contributed by atoms with Crippen molar-refractivity contribution in [1.82, 2.24) is 20.3 Å². The second-order valence-corrected chi connectivity index (χ2v) is 5.26. The summed E-state index contributed by atoms with van der Waals surface area (Å²) < 4.78 is 10.6. The zero-order valence-electron chi connectivity index (χ0n) is 12.8. The van der Waals surface area contributed by atoms with E-state index in [1.165, 1.54) is 0 Å². The van der Waals surface area contributed by atoms with Crippen LogP contribution in [-0.4, -0.2) is 20.3 Å². The van der Waals surface area contributed by atoms with Gasteiger partial charge in [0.2, 0.25) is 23.4 Å². The quantitative estimate of drug-likeness (QED) is 0.560. The van der Waals surface area contributed by atoms with E-state index in [-0.39, 0.29) is 0 Å². The minimum atomic E-state index is 0.549. The first-order valence-corrected chi connectivity index (χ1v) is 7.64. The maximum Gasteiger partial charge on any atom is 0.227 e. The Labute approximate surface area is 138 Å². The summed E-state index contributed by atoms with van der Waals surface area (Å²) in [6.45, 7) is 0. The first kappa shape index (κ1) is 14.3. The Morgan fingerprint density at radius 3 is 1.42 bits per heavy atom. The van der Waals surface area contributed by atoms with Gasteiger partial charge in [-0.1, -0.05) is 71.0 Å². The second-order valence-electron chi connectivity index (χ2n) is 5.26. The molecule has 4 rings (SSSR count). The van der Waals surface area contributed by atoms with Crippen LogP contribution in [0.15, 0.2) is 69.7 Å². The van der Waals surface area contributed by atoms with Crippen molar-refractivity contribution in [3.63, 3.8) is 0 Å². The van der Waals surface area contributed by atoms with Crippen LogP contribution in [0.3, 0.4) is 0 Å². The number of benzene rings is 2. The Morgan fingerprint density at radius 2 is 1.00 bits per heavy atom. The highest BCUT2D eigenvalue weighted by molar-refractivity contribution is 5.54. The highest BCUT2D eigenvalue weighted by atomic mass is 16.5. The third kappa shape index (κ3) is 3.08. The van der Waals surface area contributed by atoms with Gasteiger partial charge >= 0.3 is 0 Å². The van der Waals surface area contributed by atoms with Crippen LogP contribution in [0.25, 0.3) is 22.8 Å². The lowest BCUT2D eigenvalue weighted by atomic mass is 10.2. The second kappa shape index (κ2) is 6.45. The van der Waals surface area contributed by atoms with E-state index in [0.717, 1.165) is 11.1 Å². The summed E-state index contributed by atoms with van der Waals surface area (Å²) in [5, 5.41) is 8.00. The number of nitrogens with zero attached hydrogens (tertiary/aromatic N) is 4. The predicted molar refractivity (Wildman–Crippen MR) is 86.9 cm³/mol. The van der Waals surface area contributed by atoms with Gasteiger partial charge in [0, 0.05) is 24.0 Å². The van der Waals surface area contributed by atoms with Crippen LogP contribution in [0.2, 0.25) is 0 Å². The van der Waals surface area contributed by atoms with Crippen molar-refractivity contribution in [2.45, 2.75) is 12.8 Å². The fourth-order valence-electron chi connectivity index (χ4n) is 2.34. The Morgan fingerprint density at radius 1 is 0.583 bits per heavy atom. The minimum Gasteiger partial charge on any atom is -0.339 e. The van der Waals surface area contributed by atoms with E-state index in [1.54, 1.807) is 0 Å². The fourth-order valence-corrected chi connectivity index (χ4v) is 2.34. The topological polar surface area (TPSA) is 77.8 Å². The zero-order valence-corrected chi connectivity index (χ0v) is 12.8. The lowest BCUT2D eigenvalue weighted by Crippen LogP contribution is -1.92. The van der Waals surface area contributed by atoms with E-state index >= 15 is 0 Å². The Hall–Kier alpha value is -3.28. The molecule has 0 bridgehead atoms. The van der Waals surface area contributed by atoms with Gasteiger partial charge in [-0.2, -0.15) is 9.97 Å². The van der Waals surface area contributed by atoms with Crippen molar-refractivity contribution in [1.29, 1.82) is 0 Å². The third-order valence-electron chi connectivity index (χ3n) is 3.55. The van der Waals surface area contributed by atoms with Crippen molar-refractivity contribution in [3.05, 3.63) is 72.4 Å². The Kier molecular flexibility index (Phi) is 3.85. The molecule has 24 heavy (non-hydrogen) atoms. The summed E-state index contributed by atoms with van der Waals surface area (Å²) >= 11 is 0. The number of aryl methyl sites for hydroxylation is 2. The number of aromatic nitrogens is 4. The molecular weight excluding hydrogens is 304 g/mol. The molecule has 0 spiro atoms. The molecule has 2 aromatic carbocycles. The Balaban J connectivity index is 1.43. The van der Waals surface area contributed by atoms with Crippen molar-refractivity contribution in [2.75, 3.05) is 0 Å². The van der Waals surface area contributed by atoms with E-state index in [9.17, 15) is 0 Å². The number of hydrogen-bond acceptors (Lipinski definition) is 6. The van der Waals surface area contributed by atoms with Gasteiger partial charge in [0.15, 0.2) is 0 Å². The molecule has 0 radical (unpaired) electrons. The molecule has 0 aliphatic heterocycles.